The van der Waals surface area contributed by atoms with Crippen molar-refractivity contribution < 1.29 is 9.59 Å². The Bertz CT molecular complexity index is 357. The predicted molar refractivity (Wildman–Crippen MR) is 49.2 cm³/mol. The van der Waals surface area contributed by atoms with Crippen LogP contribution < -0.4 is 0 Å². The van der Waals surface area contributed by atoms with Crippen LogP contribution in [-0.4, -0.2) is 11.6 Å². The maximum atomic E-state index is 11.3. The highest BCUT2D eigenvalue weighted by Crippen LogP contribution is 2.01. The second-order valence-corrected chi connectivity index (χ2v) is 2.50. The van der Waals surface area contributed by atoms with E-state index >= 15 is 0 Å². The van der Waals surface area contributed by atoms with Crippen LogP contribution in [0.2, 0.25) is 0 Å². The SMILES string of the molecule is C#CCC(=O)C(=O)c1ccccc1. The number of hydrogen-bond acceptors (Lipinski definition) is 2. The standard InChI is InChI=1S/C11H8O2/c1-2-6-10(12)11(13)9-7-4-3-5-8-9/h1,3-5,7-8H,6H2. The Morgan fingerprint density at radius 2 is 1.85 bits per heavy atom. The van der Waals surface area contributed by atoms with E-state index in [0.29, 0.717) is 5.56 Å². The summed E-state index contributed by atoms with van der Waals surface area (Å²) in [6.07, 6.45) is 4.79. The Hall–Kier alpha value is -1.88. The van der Waals surface area contributed by atoms with E-state index in [2.05, 4.69) is 5.92 Å². The van der Waals surface area contributed by atoms with Gasteiger partial charge in [0.2, 0.25) is 11.6 Å². The van der Waals surface area contributed by atoms with Gasteiger partial charge in [-0.3, -0.25) is 9.59 Å². The number of carbonyl (C=O) groups excluding carboxylic acids is 2. The average Bonchev–Trinajstić information content (AvgIpc) is 2.18. The number of Topliss-reactive ketones (excluding diaryl/α,β-unsaturated/α-hetero) is 2. The van der Waals surface area contributed by atoms with Crippen LogP contribution in [0.15, 0.2) is 30.3 Å². The minimum Gasteiger partial charge on any atom is -0.289 e. The van der Waals surface area contributed by atoms with E-state index in [4.69, 9.17) is 6.42 Å². The van der Waals surface area contributed by atoms with E-state index in [-0.39, 0.29) is 6.42 Å². The number of hydrogen-bond donors (Lipinski definition) is 0. The minimum absolute atomic E-state index is 0.131. The minimum atomic E-state index is -0.534. The third-order valence-electron chi connectivity index (χ3n) is 1.55. The summed E-state index contributed by atoms with van der Waals surface area (Å²) in [6, 6.07) is 8.38. The third-order valence-corrected chi connectivity index (χ3v) is 1.55. The van der Waals surface area contributed by atoms with Crippen molar-refractivity contribution in [3.63, 3.8) is 0 Å². The van der Waals surface area contributed by atoms with Crippen molar-refractivity contribution in [3.8, 4) is 12.3 Å². The van der Waals surface area contributed by atoms with Gasteiger partial charge >= 0.3 is 0 Å². The molecule has 0 saturated carbocycles. The molecule has 1 aromatic carbocycles. The van der Waals surface area contributed by atoms with E-state index in [1.165, 1.54) is 0 Å². The van der Waals surface area contributed by atoms with Crippen LogP contribution in [0.4, 0.5) is 0 Å². The first-order valence-electron chi connectivity index (χ1n) is 3.81. The molecule has 0 heterocycles. The van der Waals surface area contributed by atoms with E-state index in [9.17, 15) is 9.59 Å². The van der Waals surface area contributed by atoms with Crippen molar-refractivity contribution in [1.29, 1.82) is 0 Å². The lowest BCUT2D eigenvalue weighted by atomic mass is 10.1. The number of terminal acetylenes is 1. The average molecular weight is 172 g/mol. The third kappa shape index (κ3) is 2.28. The Morgan fingerprint density at radius 3 is 2.38 bits per heavy atom. The molecule has 64 valence electrons. The largest absolute Gasteiger partial charge is 0.289 e. The molecule has 0 aromatic heterocycles. The van der Waals surface area contributed by atoms with Crippen LogP contribution in [0.1, 0.15) is 16.8 Å². The summed E-state index contributed by atoms with van der Waals surface area (Å²) in [5, 5.41) is 0. The molecule has 0 radical (unpaired) electrons. The van der Waals surface area contributed by atoms with Crippen LogP contribution >= 0.6 is 0 Å². The summed E-state index contributed by atoms with van der Waals surface area (Å²) in [6.45, 7) is 0. The molecule has 0 bridgehead atoms. The lowest BCUT2D eigenvalue weighted by Gasteiger charge is -1.95. The number of carbonyl (C=O) groups is 2. The molecule has 2 heteroatoms. The van der Waals surface area contributed by atoms with Gasteiger partial charge in [0.1, 0.15) is 0 Å². The van der Waals surface area contributed by atoms with Gasteiger partial charge in [-0.25, -0.2) is 0 Å². The van der Waals surface area contributed by atoms with Crippen molar-refractivity contribution in [3.05, 3.63) is 35.9 Å². The van der Waals surface area contributed by atoms with E-state index < -0.39 is 11.6 Å². The van der Waals surface area contributed by atoms with Crippen molar-refractivity contribution in [2.45, 2.75) is 6.42 Å². The Kier molecular flexibility index (Phi) is 2.99. The van der Waals surface area contributed by atoms with Gasteiger partial charge in [-0.1, -0.05) is 36.3 Å². The molecule has 13 heavy (non-hydrogen) atoms. The zero-order chi connectivity index (χ0) is 9.68. The Morgan fingerprint density at radius 1 is 1.23 bits per heavy atom. The maximum Gasteiger partial charge on any atom is 0.229 e. The second kappa shape index (κ2) is 4.22. The monoisotopic (exact) mass is 172 g/mol. The first-order chi connectivity index (χ1) is 6.25. The van der Waals surface area contributed by atoms with Gasteiger partial charge in [-0.2, -0.15) is 0 Å². The van der Waals surface area contributed by atoms with Crippen LogP contribution in [0.3, 0.4) is 0 Å². The highest BCUT2D eigenvalue weighted by atomic mass is 16.2. The van der Waals surface area contributed by atoms with Gasteiger partial charge in [0.15, 0.2) is 0 Å². The summed E-state index contributed by atoms with van der Waals surface area (Å²) in [4.78, 5) is 22.3. The molecular weight excluding hydrogens is 164 g/mol. The fourth-order valence-corrected chi connectivity index (χ4v) is 0.923. The van der Waals surface area contributed by atoms with Crippen LogP contribution in [0.5, 0.6) is 0 Å². The summed E-state index contributed by atoms with van der Waals surface area (Å²) in [7, 11) is 0. The highest BCUT2D eigenvalue weighted by Gasteiger charge is 2.13. The lowest BCUT2D eigenvalue weighted by molar-refractivity contribution is -0.114. The summed E-state index contributed by atoms with van der Waals surface area (Å²) in [5.41, 5.74) is 0.391. The lowest BCUT2D eigenvalue weighted by Crippen LogP contribution is -2.12. The zero-order valence-electron chi connectivity index (χ0n) is 6.99. The summed E-state index contributed by atoms with van der Waals surface area (Å²) in [5.74, 6) is 1.10. The molecule has 0 unspecified atom stereocenters. The fraction of sp³-hybridized carbons (Fsp3) is 0.0909. The van der Waals surface area contributed by atoms with E-state index in [1.807, 2.05) is 0 Å². The van der Waals surface area contributed by atoms with Gasteiger partial charge in [-0.05, 0) is 0 Å². The smallest absolute Gasteiger partial charge is 0.229 e. The topological polar surface area (TPSA) is 34.1 Å². The molecular formula is C11H8O2. The molecule has 0 amide bonds. The van der Waals surface area contributed by atoms with Gasteiger partial charge in [0.05, 0.1) is 6.42 Å². The van der Waals surface area contributed by atoms with Gasteiger partial charge in [0.25, 0.3) is 0 Å². The molecule has 0 atom stereocenters. The number of ketones is 2. The predicted octanol–water partition coefficient (Wildman–Crippen LogP) is 1.46. The molecule has 0 aliphatic heterocycles. The van der Waals surface area contributed by atoms with Crippen LogP contribution in [0.25, 0.3) is 0 Å². The second-order valence-electron chi connectivity index (χ2n) is 2.50. The molecule has 0 aliphatic rings. The van der Waals surface area contributed by atoms with Crippen LogP contribution in [-0.2, 0) is 4.79 Å². The molecule has 0 saturated heterocycles. The molecule has 0 spiro atoms. The molecule has 1 rings (SSSR count). The van der Waals surface area contributed by atoms with Gasteiger partial charge in [-0.15, -0.1) is 6.42 Å². The number of benzene rings is 1. The molecule has 1 aromatic rings. The van der Waals surface area contributed by atoms with Gasteiger partial charge < -0.3 is 0 Å². The van der Waals surface area contributed by atoms with Crippen molar-refractivity contribution in [1.82, 2.24) is 0 Å². The zero-order valence-corrected chi connectivity index (χ0v) is 6.99. The van der Waals surface area contributed by atoms with Crippen molar-refractivity contribution >= 4 is 11.6 Å². The summed E-state index contributed by atoms with van der Waals surface area (Å²) >= 11 is 0. The Balaban J connectivity index is 2.82. The van der Waals surface area contributed by atoms with E-state index in [0.717, 1.165) is 0 Å². The first kappa shape index (κ1) is 9.21. The number of rotatable bonds is 3. The molecule has 2 nitrogen and oxygen atoms in total. The molecule has 0 N–H and O–H groups in total. The molecule has 0 aliphatic carbocycles. The van der Waals surface area contributed by atoms with Crippen molar-refractivity contribution in [2.24, 2.45) is 0 Å². The van der Waals surface area contributed by atoms with E-state index in [1.54, 1.807) is 30.3 Å². The first-order valence-corrected chi connectivity index (χ1v) is 3.81. The summed E-state index contributed by atoms with van der Waals surface area (Å²) < 4.78 is 0. The normalized spacial score (nSPS) is 8.85. The maximum absolute atomic E-state index is 11.3. The van der Waals surface area contributed by atoms with Crippen LogP contribution in [0, 0.1) is 12.3 Å². The quantitative estimate of drug-likeness (QED) is 0.393. The Labute approximate surface area is 76.6 Å². The highest BCUT2D eigenvalue weighted by molar-refractivity contribution is 6.44. The van der Waals surface area contributed by atoms with Gasteiger partial charge in [0, 0.05) is 5.56 Å². The van der Waals surface area contributed by atoms with Crippen molar-refractivity contribution in [2.75, 3.05) is 0 Å². The fourth-order valence-electron chi connectivity index (χ4n) is 0.923. The molecule has 0 fully saturated rings.